The van der Waals surface area contributed by atoms with Gasteiger partial charge in [-0.3, -0.25) is 9.59 Å². The monoisotopic (exact) mass is 473 g/mol. The predicted molar refractivity (Wildman–Crippen MR) is 128 cm³/mol. The summed E-state index contributed by atoms with van der Waals surface area (Å²) in [4.78, 5) is 31.2. The van der Waals surface area contributed by atoms with Gasteiger partial charge in [0.15, 0.2) is 0 Å². The Hall–Kier alpha value is -2.61. The van der Waals surface area contributed by atoms with Crippen LogP contribution in [0.1, 0.15) is 12.0 Å². The maximum absolute atomic E-state index is 13.2. The Morgan fingerprint density at radius 3 is 2.45 bits per heavy atom. The van der Waals surface area contributed by atoms with Gasteiger partial charge in [0.2, 0.25) is 11.8 Å². The molecule has 0 radical (unpaired) electrons. The molecule has 8 heteroatoms. The second-order valence-electron chi connectivity index (χ2n) is 8.74. The van der Waals surface area contributed by atoms with Crippen LogP contribution in [0.2, 0.25) is 5.02 Å². The van der Waals surface area contributed by atoms with Crippen molar-refractivity contribution in [2.24, 2.45) is 0 Å². The Bertz CT molecular complexity index is 923. The third-order valence-corrected chi connectivity index (χ3v) is 5.78. The highest BCUT2D eigenvalue weighted by molar-refractivity contribution is 6.30. The van der Waals surface area contributed by atoms with Crippen LogP contribution in [0.3, 0.4) is 0 Å². The van der Waals surface area contributed by atoms with Gasteiger partial charge in [0, 0.05) is 25.2 Å². The maximum atomic E-state index is 13.2. The summed E-state index contributed by atoms with van der Waals surface area (Å²) < 4.78 is 12.2. The Morgan fingerprint density at radius 2 is 1.79 bits per heavy atom. The summed E-state index contributed by atoms with van der Waals surface area (Å²) in [6.45, 7) is 2.07. The molecule has 1 aliphatic rings. The smallest absolute Gasteiger partial charge is 0.236 e. The van der Waals surface area contributed by atoms with Crippen LogP contribution in [0, 0.1) is 0 Å². The van der Waals surface area contributed by atoms with Gasteiger partial charge in [-0.15, -0.1) is 0 Å². The topological polar surface area (TPSA) is 62.3 Å². The summed E-state index contributed by atoms with van der Waals surface area (Å²) in [5.74, 6) is 0.564. The molecule has 1 aliphatic heterocycles. The van der Waals surface area contributed by atoms with Crippen LogP contribution in [0.4, 0.5) is 0 Å². The van der Waals surface area contributed by atoms with E-state index in [4.69, 9.17) is 21.1 Å². The van der Waals surface area contributed by atoms with Gasteiger partial charge in [0.25, 0.3) is 0 Å². The van der Waals surface area contributed by atoms with E-state index in [1.807, 2.05) is 49.3 Å². The number of rotatable bonds is 9. The van der Waals surface area contributed by atoms with Crippen LogP contribution in [0.5, 0.6) is 5.75 Å². The molecule has 7 nitrogen and oxygen atoms in total. The Kier molecular flexibility index (Phi) is 8.72. The lowest BCUT2D eigenvalue weighted by molar-refractivity contribution is -0.166. The first-order valence-electron chi connectivity index (χ1n) is 11.0. The Morgan fingerprint density at radius 1 is 1.09 bits per heavy atom. The van der Waals surface area contributed by atoms with Gasteiger partial charge >= 0.3 is 0 Å². The molecule has 0 aromatic heterocycles. The van der Waals surface area contributed by atoms with Crippen LogP contribution < -0.4 is 4.74 Å². The van der Waals surface area contributed by atoms with Gasteiger partial charge in [0.1, 0.15) is 18.0 Å². The first-order valence-corrected chi connectivity index (χ1v) is 11.4. The van der Waals surface area contributed by atoms with Gasteiger partial charge in [-0.25, -0.2) is 0 Å². The first kappa shape index (κ1) is 25.0. The van der Waals surface area contributed by atoms with E-state index in [0.717, 1.165) is 5.56 Å². The van der Waals surface area contributed by atoms with Crippen LogP contribution in [-0.4, -0.2) is 86.1 Å². The van der Waals surface area contributed by atoms with Crippen molar-refractivity contribution in [2.75, 3.05) is 54.0 Å². The molecule has 2 aromatic rings. The van der Waals surface area contributed by atoms with E-state index in [-0.39, 0.29) is 31.4 Å². The van der Waals surface area contributed by atoms with Gasteiger partial charge in [-0.05, 0) is 43.9 Å². The number of likely N-dealkylation sites (N-methyl/N-ethyl adjacent to an activating group) is 1. The van der Waals surface area contributed by atoms with Crippen molar-refractivity contribution in [3.63, 3.8) is 0 Å². The molecule has 0 bridgehead atoms. The minimum atomic E-state index is -0.943. The first-order chi connectivity index (χ1) is 15.8. The van der Waals surface area contributed by atoms with Crippen molar-refractivity contribution in [3.8, 4) is 5.75 Å². The highest BCUT2D eigenvalue weighted by Gasteiger charge is 2.42. The summed E-state index contributed by atoms with van der Waals surface area (Å²) in [7, 11) is 5.50. The van der Waals surface area contributed by atoms with Gasteiger partial charge in [0.05, 0.1) is 26.1 Å². The average Bonchev–Trinajstić information content (AvgIpc) is 2.79. The molecule has 178 valence electrons. The number of hydrogen-bond donors (Lipinski definition) is 0. The summed E-state index contributed by atoms with van der Waals surface area (Å²) in [5.41, 5.74) is 0.106. The Labute approximate surface area is 200 Å². The van der Waals surface area contributed by atoms with Crippen molar-refractivity contribution < 1.29 is 19.1 Å². The fourth-order valence-corrected chi connectivity index (χ4v) is 3.90. The molecule has 0 aliphatic carbocycles. The number of nitrogens with zero attached hydrogens (tertiary/aromatic N) is 3. The van der Waals surface area contributed by atoms with E-state index in [1.165, 1.54) is 0 Å². The fourth-order valence-electron chi connectivity index (χ4n) is 3.78. The van der Waals surface area contributed by atoms with Gasteiger partial charge in [-0.2, -0.15) is 0 Å². The van der Waals surface area contributed by atoms with Gasteiger partial charge < -0.3 is 24.2 Å². The second kappa shape index (κ2) is 11.5. The highest BCUT2D eigenvalue weighted by Crippen LogP contribution is 2.26. The van der Waals surface area contributed by atoms with Crippen LogP contribution >= 0.6 is 11.6 Å². The predicted octanol–water partition coefficient (Wildman–Crippen LogP) is 2.93. The number of benzene rings is 2. The number of carbonyl (C=O) groups is 2. The largest absolute Gasteiger partial charge is 0.490 e. The lowest BCUT2D eigenvalue weighted by Gasteiger charge is -2.43. The van der Waals surface area contributed by atoms with Crippen molar-refractivity contribution >= 4 is 23.4 Å². The minimum absolute atomic E-state index is 0.00394. The number of hydrogen-bond acceptors (Lipinski definition) is 5. The van der Waals surface area contributed by atoms with E-state index in [9.17, 15) is 9.59 Å². The van der Waals surface area contributed by atoms with E-state index >= 15 is 0 Å². The molecule has 1 saturated heterocycles. The number of amides is 2. The Balaban J connectivity index is 1.74. The molecule has 1 unspecified atom stereocenters. The molecule has 1 atom stereocenters. The molecular formula is C25H32ClN3O4. The number of carbonyl (C=O) groups excluding carboxylic acids is 2. The molecule has 1 fully saturated rings. The average molecular weight is 474 g/mol. The van der Waals surface area contributed by atoms with Crippen molar-refractivity contribution in [3.05, 3.63) is 65.2 Å². The van der Waals surface area contributed by atoms with E-state index < -0.39 is 5.60 Å². The van der Waals surface area contributed by atoms with E-state index in [1.54, 1.807) is 41.1 Å². The summed E-state index contributed by atoms with van der Waals surface area (Å²) in [5, 5.41) is 0.615. The van der Waals surface area contributed by atoms with Crippen LogP contribution in [0.15, 0.2) is 54.6 Å². The molecule has 3 rings (SSSR count). The third-order valence-electron chi connectivity index (χ3n) is 5.53. The van der Waals surface area contributed by atoms with E-state index in [2.05, 4.69) is 0 Å². The van der Waals surface area contributed by atoms with E-state index in [0.29, 0.717) is 37.0 Å². The third kappa shape index (κ3) is 7.45. The van der Waals surface area contributed by atoms with Crippen molar-refractivity contribution in [1.29, 1.82) is 0 Å². The zero-order valence-corrected chi connectivity index (χ0v) is 20.3. The molecule has 0 saturated carbocycles. The molecule has 2 aromatic carbocycles. The summed E-state index contributed by atoms with van der Waals surface area (Å²) >= 11 is 5.97. The quantitative estimate of drug-likeness (QED) is 0.560. The highest BCUT2D eigenvalue weighted by atomic mass is 35.5. The number of morpholine rings is 1. The number of halogens is 1. The zero-order chi connectivity index (χ0) is 23.8. The second-order valence-corrected chi connectivity index (χ2v) is 9.18. The normalized spacial score (nSPS) is 18.3. The standard InChI is InChI=1S/C25H32ClN3O4/c1-27(2)17-24(31)29-13-14-33-25(18-29,19-32-22-11-9-21(26)10-12-22)15-23(30)28(3)16-20-7-5-4-6-8-20/h4-12H,13-19H2,1-3H3. The van der Waals surface area contributed by atoms with Crippen molar-refractivity contribution in [1.82, 2.24) is 14.7 Å². The fraction of sp³-hybridized carbons (Fsp3) is 0.440. The minimum Gasteiger partial charge on any atom is -0.490 e. The summed E-state index contributed by atoms with van der Waals surface area (Å²) in [6.07, 6.45) is 0.107. The molecule has 2 amide bonds. The molecule has 0 N–H and O–H groups in total. The lowest BCUT2D eigenvalue weighted by Crippen LogP contribution is -2.59. The zero-order valence-electron chi connectivity index (χ0n) is 19.5. The van der Waals surface area contributed by atoms with Crippen LogP contribution in [0.25, 0.3) is 0 Å². The molecular weight excluding hydrogens is 442 g/mol. The molecule has 1 heterocycles. The molecule has 33 heavy (non-hydrogen) atoms. The SMILES string of the molecule is CN(C)CC(=O)N1CCOC(COc2ccc(Cl)cc2)(CC(=O)N(C)Cc2ccccc2)C1. The molecule has 0 spiro atoms. The number of ether oxygens (including phenoxy) is 2. The van der Waals surface area contributed by atoms with Gasteiger partial charge in [-0.1, -0.05) is 41.9 Å². The van der Waals surface area contributed by atoms with Crippen molar-refractivity contribution in [2.45, 2.75) is 18.6 Å². The summed E-state index contributed by atoms with van der Waals surface area (Å²) in [6, 6.07) is 16.9. The van der Waals surface area contributed by atoms with Crippen LogP contribution in [-0.2, 0) is 20.9 Å². The lowest BCUT2D eigenvalue weighted by atomic mass is 9.96. The maximum Gasteiger partial charge on any atom is 0.236 e.